The van der Waals surface area contributed by atoms with Gasteiger partial charge in [0.1, 0.15) is 18.7 Å². The molecule has 0 amide bonds. The second kappa shape index (κ2) is 4.39. The first-order chi connectivity index (χ1) is 8.65. The molecule has 3 rings (SSSR count). The summed E-state index contributed by atoms with van der Waals surface area (Å²) in [7, 11) is 1.86. The Morgan fingerprint density at radius 3 is 2.61 bits per heavy atom. The van der Waals surface area contributed by atoms with Crippen molar-refractivity contribution in [1.29, 1.82) is 0 Å². The van der Waals surface area contributed by atoms with E-state index in [0.717, 1.165) is 23.7 Å². The van der Waals surface area contributed by atoms with Crippen LogP contribution < -0.4 is 4.74 Å². The molecule has 0 saturated heterocycles. The maximum absolute atomic E-state index is 5.74. The Hall–Kier alpha value is -1.36. The van der Waals surface area contributed by atoms with Gasteiger partial charge in [-0.1, -0.05) is 15.9 Å². The quantitative estimate of drug-likeness (QED) is 0.816. The van der Waals surface area contributed by atoms with Crippen molar-refractivity contribution in [3.8, 4) is 17.1 Å². The van der Waals surface area contributed by atoms with E-state index in [1.54, 1.807) is 11.0 Å². The second-order valence-corrected chi connectivity index (χ2v) is 6.39. The number of rotatable bonds is 4. The van der Waals surface area contributed by atoms with Gasteiger partial charge >= 0.3 is 0 Å². The van der Waals surface area contributed by atoms with E-state index in [2.05, 4.69) is 26.0 Å². The molecule has 0 aliphatic heterocycles. The van der Waals surface area contributed by atoms with Gasteiger partial charge in [-0.2, -0.15) is 5.10 Å². The van der Waals surface area contributed by atoms with Gasteiger partial charge in [-0.05, 0) is 37.1 Å². The molecule has 0 bridgehead atoms. The number of ether oxygens (including phenoxy) is 1. The second-order valence-electron chi connectivity index (χ2n) is 4.71. The van der Waals surface area contributed by atoms with E-state index in [1.165, 1.54) is 12.8 Å². The predicted octanol–water partition coefficient (Wildman–Crippen LogP) is 2.79. The summed E-state index contributed by atoms with van der Waals surface area (Å²) in [6.07, 6.45) is 4.09. The number of aromatic nitrogens is 3. The molecule has 0 atom stereocenters. The molecule has 1 aliphatic carbocycles. The number of hydrogen-bond acceptors (Lipinski definition) is 3. The number of aryl methyl sites for hydroxylation is 1. The third-order valence-corrected chi connectivity index (χ3v) is 4.02. The predicted molar refractivity (Wildman–Crippen MR) is 72.8 cm³/mol. The van der Waals surface area contributed by atoms with E-state index in [4.69, 9.17) is 4.74 Å². The zero-order chi connectivity index (χ0) is 12.6. The normalized spacial score (nSPS) is 16.6. The van der Waals surface area contributed by atoms with Gasteiger partial charge in [0.2, 0.25) is 0 Å². The van der Waals surface area contributed by atoms with E-state index >= 15 is 0 Å². The van der Waals surface area contributed by atoms with E-state index in [0.29, 0.717) is 0 Å². The van der Waals surface area contributed by atoms with Crippen LogP contribution in [0, 0.1) is 0 Å². The summed E-state index contributed by atoms with van der Waals surface area (Å²) in [6, 6.07) is 7.89. The molecule has 1 aromatic heterocycles. The molecule has 0 unspecified atom stereocenters. The monoisotopic (exact) mass is 307 g/mol. The third kappa shape index (κ3) is 2.56. The number of hydrogen-bond donors (Lipinski definition) is 0. The van der Waals surface area contributed by atoms with Crippen LogP contribution in [0.2, 0.25) is 0 Å². The molecule has 5 heteroatoms. The van der Waals surface area contributed by atoms with Crippen LogP contribution in [-0.2, 0) is 7.05 Å². The molecule has 0 radical (unpaired) electrons. The van der Waals surface area contributed by atoms with Crippen molar-refractivity contribution < 1.29 is 4.74 Å². The minimum Gasteiger partial charge on any atom is -0.492 e. The van der Waals surface area contributed by atoms with Crippen molar-refractivity contribution in [3.63, 3.8) is 0 Å². The lowest BCUT2D eigenvalue weighted by atomic mass is 10.2. The van der Waals surface area contributed by atoms with Gasteiger partial charge in [0.05, 0.1) is 4.32 Å². The van der Waals surface area contributed by atoms with Crippen molar-refractivity contribution >= 4 is 15.9 Å². The number of alkyl halides is 1. The number of nitrogens with zero attached hydrogens (tertiary/aromatic N) is 3. The largest absolute Gasteiger partial charge is 0.492 e. The Bertz CT molecular complexity index is 546. The number of benzene rings is 1. The van der Waals surface area contributed by atoms with Gasteiger partial charge in [-0.3, -0.25) is 4.68 Å². The Morgan fingerprint density at radius 2 is 2.06 bits per heavy atom. The fourth-order valence-corrected chi connectivity index (χ4v) is 1.98. The van der Waals surface area contributed by atoms with Crippen molar-refractivity contribution in [3.05, 3.63) is 30.6 Å². The van der Waals surface area contributed by atoms with Gasteiger partial charge < -0.3 is 4.74 Å². The van der Waals surface area contributed by atoms with Gasteiger partial charge in [0, 0.05) is 12.6 Å². The summed E-state index contributed by atoms with van der Waals surface area (Å²) in [6.45, 7) is 0.730. The van der Waals surface area contributed by atoms with Crippen LogP contribution in [0.4, 0.5) is 0 Å². The van der Waals surface area contributed by atoms with Gasteiger partial charge in [-0.25, -0.2) is 4.98 Å². The van der Waals surface area contributed by atoms with Gasteiger partial charge in [0.25, 0.3) is 0 Å². The lowest BCUT2D eigenvalue weighted by Crippen LogP contribution is -2.11. The molecule has 18 heavy (non-hydrogen) atoms. The molecule has 94 valence electrons. The minimum absolute atomic E-state index is 0.230. The first-order valence-corrected chi connectivity index (χ1v) is 6.72. The van der Waals surface area contributed by atoms with Crippen LogP contribution in [0.15, 0.2) is 30.6 Å². The van der Waals surface area contributed by atoms with Crippen molar-refractivity contribution in [2.75, 3.05) is 6.61 Å². The molecule has 1 saturated carbocycles. The summed E-state index contributed by atoms with van der Waals surface area (Å²) in [5.41, 5.74) is 1.00. The SMILES string of the molecule is Cn1cnc(-c2ccc(OCC3(Br)CC3)cc2)n1. The van der Waals surface area contributed by atoms with E-state index < -0.39 is 0 Å². The molecule has 0 N–H and O–H groups in total. The topological polar surface area (TPSA) is 39.9 Å². The highest BCUT2D eigenvalue weighted by molar-refractivity contribution is 9.10. The third-order valence-electron chi connectivity index (χ3n) is 3.00. The van der Waals surface area contributed by atoms with E-state index in [9.17, 15) is 0 Å². The lowest BCUT2D eigenvalue weighted by Gasteiger charge is -2.09. The number of halogens is 1. The average molecular weight is 308 g/mol. The molecule has 1 heterocycles. The smallest absolute Gasteiger partial charge is 0.181 e. The highest BCUT2D eigenvalue weighted by Gasteiger charge is 2.40. The van der Waals surface area contributed by atoms with Crippen molar-refractivity contribution in [2.24, 2.45) is 7.05 Å². The van der Waals surface area contributed by atoms with Crippen LogP contribution >= 0.6 is 15.9 Å². The van der Waals surface area contributed by atoms with E-state index in [-0.39, 0.29) is 4.32 Å². The Labute approximate surface area is 114 Å². The van der Waals surface area contributed by atoms with Crippen LogP contribution in [0.5, 0.6) is 5.75 Å². The molecule has 1 aromatic carbocycles. The highest BCUT2D eigenvalue weighted by Crippen LogP contribution is 2.44. The van der Waals surface area contributed by atoms with Crippen LogP contribution in [0.1, 0.15) is 12.8 Å². The van der Waals surface area contributed by atoms with Crippen molar-refractivity contribution in [2.45, 2.75) is 17.2 Å². The van der Waals surface area contributed by atoms with Crippen LogP contribution in [0.25, 0.3) is 11.4 Å². The lowest BCUT2D eigenvalue weighted by molar-refractivity contribution is 0.313. The first-order valence-electron chi connectivity index (χ1n) is 5.92. The fraction of sp³-hybridized carbons (Fsp3) is 0.385. The standard InChI is InChI=1S/C13H14BrN3O/c1-17-9-15-12(16-17)10-2-4-11(5-3-10)18-8-13(14)6-7-13/h2-5,9H,6-8H2,1H3. The molecule has 1 fully saturated rings. The maximum Gasteiger partial charge on any atom is 0.181 e. The Kier molecular flexibility index (Phi) is 2.86. The van der Waals surface area contributed by atoms with Crippen molar-refractivity contribution in [1.82, 2.24) is 14.8 Å². The highest BCUT2D eigenvalue weighted by atomic mass is 79.9. The molecular formula is C13H14BrN3O. The average Bonchev–Trinajstić information content (AvgIpc) is 2.95. The summed E-state index contributed by atoms with van der Waals surface area (Å²) < 4.78 is 7.66. The minimum atomic E-state index is 0.230. The Balaban J connectivity index is 1.68. The van der Waals surface area contributed by atoms with Gasteiger partial charge in [0.15, 0.2) is 5.82 Å². The van der Waals surface area contributed by atoms with Gasteiger partial charge in [-0.15, -0.1) is 0 Å². The van der Waals surface area contributed by atoms with E-state index in [1.807, 2.05) is 31.3 Å². The molecule has 1 aliphatic rings. The zero-order valence-corrected chi connectivity index (χ0v) is 11.7. The summed E-state index contributed by atoms with van der Waals surface area (Å²) in [5.74, 6) is 1.63. The fourth-order valence-electron chi connectivity index (χ4n) is 1.66. The molecule has 4 nitrogen and oxygen atoms in total. The molecular weight excluding hydrogens is 294 g/mol. The van der Waals surface area contributed by atoms with Crippen LogP contribution in [-0.4, -0.2) is 25.7 Å². The zero-order valence-electron chi connectivity index (χ0n) is 10.1. The summed E-state index contributed by atoms with van der Waals surface area (Å²) in [4.78, 5) is 4.21. The first kappa shape index (κ1) is 11.7. The maximum atomic E-state index is 5.74. The summed E-state index contributed by atoms with van der Waals surface area (Å²) in [5, 5.41) is 4.26. The Morgan fingerprint density at radius 1 is 1.33 bits per heavy atom. The van der Waals surface area contributed by atoms with Crippen LogP contribution in [0.3, 0.4) is 0 Å². The molecule has 2 aromatic rings. The molecule has 0 spiro atoms. The summed E-state index contributed by atoms with van der Waals surface area (Å²) >= 11 is 3.65.